The topological polar surface area (TPSA) is 115 Å². The van der Waals surface area contributed by atoms with Crippen LogP contribution in [0.4, 0.5) is 17.3 Å². The number of primary amides is 1. The van der Waals surface area contributed by atoms with Gasteiger partial charge in [-0.1, -0.05) is 6.07 Å². The molecule has 4 aromatic rings. The molecule has 3 heterocycles. The van der Waals surface area contributed by atoms with Gasteiger partial charge in [0.25, 0.3) is 5.91 Å². The molecule has 1 aliphatic carbocycles. The van der Waals surface area contributed by atoms with Gasteiger partial charge in [0, 0.05) is 42.5 Å². The van der Waals surface area contributed by atoms with E-state index < -0.39 is 11.3 Å². The van der Waals surface area contributed by atoms with E-state index in [9.17, 15) is 9.59 Å². The molecule has 0 atom stereocenters. The molecule has 9 nitrogen and oxygen atoms in total. The van der Waals surface area contributed by atoms with Crippen molar-refractivity contribution in [2.24, 2.45) is 5.73 Å². The fraction of sp³-hybridized carbons (Fsp3) is 0.259. The highest BCUT2D eigenvalue weighted by molar-refractivity contribution is 5.96. The van der Waals surface area contributed by atoms with Crippen molar-refractivity contribution in [2.45, 2.75) is 19.3 Å². The van der Waals surface area contributed by atoms with E-state index in [0.717, 1.165) is 62.6 Å². The Morgan fingerprint density at radius 2 is 1.75 bits per heavy atom. The second-order valence-corrected chi connectivity index (χ2v) is 9.11. The van der Waals surface area contributed by atoms with E-state index in [0.29, 0.717) is 11.6 Å². The molecule has 1 fully saturated rings. The SMILES string of the molecule is NC(=O)c1cn(-c2ccc3c(c2)CCC3)c2nc(Nc3ccc(N4CCOCC4)cc3)ncc2c1=O. The molecule has 6 rings (SSSR count). The zero-order valence-corrected chi connectivity index (χ0v) is 19.7. The molecule has 9 heteroatoms. The van der Waals surface area contributed by atoms with E-state index in [1.165, 1.54) is 23.5 Å². The van der Waals surface area contributed by atoms with Crippen LogP contribution in [0.5, 0.6) is 0 Å². The number of nitrogens with zero attached hydrogens (tertiary/aromatic N) is 4. The molecule has 0 radical (unpaired) electrons. The maximum atomic E-state index is 13.0. The van der Waals surface area contributed by atoms with Crippen molar-refractivity contribution in [2.75, 3.05) is 36.5 Å². The first-order valence-corrected chi connectivity index (χ1v) is 12.1. The number of ether oxygens (including phenoxy) is 1. The number of hydrogen-bond donors (Lipinski definition) is 2. The van der Waals surface area contributed by atoms with Crippen molar-refractivity contribution in [3.05, 3.63) is 81.8 Å². The van der Waals surface area contributed by atoms with E-state index >= 15 is 0 Å². The smallest absolute Gasteiger partial charge is 0.254 e. The minimum Gasteiger partial charge on any atom is -0.378 e. The fourth-order valence-corrected chi connectivity index (χ4v) is 4.96. The molecule has 3 N–H and O–H groups in total. The van der Waals surface area contributed by atoms with Crippen molar-refractivity contribution >= 4 is 34.3 Å². The number of morpholine rings is 1. The summed E-state index contributed by atoms with van der Waals surface area (Å²) >= 11 is 0. The van der Waals surface area contributed by atoms with Gasteiger partial charge in [-0.05, 0) is 66.8 Å². The van der Waals surface area contributed by atoms with Crippen molar-refractivity contribution in [3.8, 4) is 5.69 Å². The monoisotopic (exact) mass is 482 g/mol. The number of aromatic nitrogens is 3. The Balaban J connectivity index is 1.38. The number of anilines is 3. The first-order valence-electron chi connectivity index (χ1n) is 12.1. The van der Waals surface area contributed by atoms with Gasteiger partial charge in [-0.3, -0.25) is 9.59 Å². The lowest BCUT2D eigenvalue weighted by Gasteiger charge is -2.28. The highest BCUT2D eigenvalue weighted by Gasteiger charge is 2.18. The first-order chi connectivity index (χ1) is 17.6. The third-order valence-corrected chi connectivity index (χ3v) is 6.87. The van der Waals surface area contributed by atoms with Crippen LogP contribution >= 0.6 is 0 Å². The van der Waals surface area contributed by atoms with E-state index in [-0.39, 0.29) is 10.9 Å². The molecule has 1 aliphatic heterocycles. The fourth-order valence-electron chi connectivity index (χ4n) is 4.96. The van der Waals surface area contributed by atoms with Crippen LogP contribution in [0.1, 0.15) is 27.9 Å². The van der Waals surface area contributed by atoms with Crippen LogP contribution in [0.25, 0.3) is 16.7 Å². The van der Waals surface area contributed by atoms with Gasteiger partial charge in [-0.15, -0.1) is 0 Å². The minimum atomic E-state index is -0.778. The van der Waals surface area contributed by atoms with E-state index in [2.05, 4.69) is 32.3 Å². The zero-order chi connectivity index (χ0) is 24.6. The van der Waals surface area contributed by atoms with Gasteiger partial charge >= 0.3 is 0 Å². The van der Waals surface area contributed by atoms with Crippen LogP contribution in [0, 0.1) is 0 Å². The zero-order valence-electron chi connectivity index (χ0n) is 19.7. The van der Waals surface area contributed by atoms with Crippen LogP contribution in [0.15, 0.2) is 59.7 Å². The molecular formula is C27H26N6O3. The van der Waals surface area contributed by atoms with Crippen LogP contribution in [-0.4, -0.2) is 46.7 Å². The Labute approximate surface area is 207 Å². The molecule has 1 saturated heterocycles. The molecule has 0 spiro atoms. The average Bonchev–Trinajstić information content (AvgIpc) is 3.38. The van der Waals surface area contributed by atoms with E-state index in [1.807, 2.05) is 30.3 Å². The van der Waals surface area contributed by atoms with Crippen molar-refractivity contribution < 1.29 is 9.53 Å². The van der Waals surface area contributed by atoms with E-state index in [1.54, 1.807) is 4.57 Å². The number of amides is 1. The predicted octanol–water partition coefficient (Wildman–Crippen LogP) is 2.95. The molecule has 0 saturated carbocycles. The molecule has 2 aromatic carbocycles. The third-order valence-electron chi connectivity index (χ3n) is 6.87. The molecule has 0 bridgehead atoms. The van der Waals surface area contributed by atoms with Gasteiger partial charge in [0.15, 0.2) is 5.65 Å². The molecule has 182 valence electrons. The Morgan fingerprint density at radius 3 is 2.53 bits per heavy atom. The molecule has 2 aromatic heterocycles. The van der Waals surface area contributed by atoms with Crippen LogP contribution in [0.2, 0.25) is 0 Å². The third kappa shape index (κ3) is 4.07. The number of nitrogens with one attached hydrogen (secondary N) is 1. The summed E-state index contributed by atoms with van der Waals surface area (Å²) in [6, 6.07) is 14.2. The summed E-state index contributed by atoms with van der Waals surface area (Å²) in [5.41, 5.74) is 10.7. The van der Waals surface area contributed by atoms with Crippen molar-refractivity contribution in [1.82, 2.24) is 14.5 Å². The first kappa shape index (κ1) is 22.2. The van der Waals surface area contributed by atoms with Gasteiger partial charge in [0.05, 0.1) is 18.6 Å². The highest BCUT2D eigenvalue weighted by Crippen LogP contribution is 2.26. The van der Waals surface area contributed by atoms with Gasteiger partial charge < -0.3 is 25.3 Å². The van der Waals surface area contributed by atoms with Crippen molar-refractivity contribution in [1.29, 1.82) is 0 Å². The Morgan fingerprint density at radius 1 is 1.00 bits per heavy atom. The number of benzene rings is 2. The number of aryl methyl sites for hydroxylation is 2. The lowest BCUT2D eigenvalue weighted by Crippen LogP contribution is -2.36. The van der Waals surface area contributed by atoms with Gasteiger partial charge in [-0.2, -0.15) is 4.98 Å². The quantitative estimate of drug-likeness (QED) is 0.449. The second kappa shape index (κ2) is 9.09. The summed E-state index contributed by atoms with van der Waals surface area (Å²) < 4.78 is 7.18. The second-order valence-electron chi connectivity index (χ2n) is 9.11. The largest absolute Gasteiger partial charge is 0.378 e. The van der Waals surface area contributed by atoms with Crippen molar-refractivity contribution in [3.63, 3.8) is 0 Å². The van der Waals surface area contributed by atoms with E-state index in [4.69, 9.17) is 10.5 Å². The van der Waals surface area contributed by atoms with Gasteiger partial charge in [0.2, 0.25) is 11.4 Å². The lowest BCUT2D eigenvalue weighted by molar-refractivity contribution is 0.0999. The summed E-state index contributed by atoms with van der Waals surface area (Å²) in [7, 11) is 0. The maximum Gasteiger partial charge on any atom is 0.254 e. The summed E-state index contributed by atoms with van der Waals surface area (Å²) in [6.45, 7) is 3.20. The minimum absolute atomic E-state index is 0.0917. The van der Waals surface area contributed by atoms with Gasteiger partial charge in [0.1, 0.15) is 5.56 Å². The predicted molar refractivity (Wildman–Crippen MR) is 138 cm³/mol. The number of pyridine rings is 1. The van der Waals surface area contributed by atoms with Crippen LogP contribution < -0.4 is 21.4 Å². The number of fused-ring (bicyclic) bond motifs is 2. The number of carbonyl (C=O) groups is 1. The summed E-state index contributed by atoms with van der Waals surface area (Å²) in [5.74, 6) is -0.429. The Bertz CT molecular complexity index is 1520. The maximum absolute atomic E-state index is 13.0. The number of hydrogen-bond acceptors (Lipinski definition) is 7. The Hall–Kier alpha value is -4.24. The normalized spacial score (nSPS) is 15.2. The standard InChI is InChI=1S/C27H26N6O3/c28-25(35)23-16-33(21-7-4-17-2-1-3-18(17)14-21)26-22(24(23)34)15-29-27(31-26)30-19-5-8-20(9-6-19)32-10-12-36-13-11-32/h4-9,14-16H,1-3,10-13H2,(H2,28,35)(H,29,30,31). The average molecular weight is 483 g/mol. The molecule has 1 amide bonds. The summed E-state index contributed by atoms with van der Waals surface area (Å²) in [6.07, 6.45) is 6.12. The molecule has 2 aliphatic rings. The van der Waals surface area contributed by atoms with Crippen LogP contribution in [0.3, 0.4) is 0 Å². The highest BCUT2D eigenvalue weighted by atomic mass is 16.5. The molecule has 0 unspecified atom stereocenters. The summed E-state index contributed by atoms with van der Waals surface area (Å²) in [4.78, 5) is 36.3. The Kier molecular flexibility index (Phi) is 5.61. The van der Waals surface area contributed by atoms with Crippen LogP contribution in [-0.2, 0) is 17.6 Å². The number of nitrogens with two attached hydrogens (primary N) is 1. The number of carbonyl (C=O) groups excluding carboxylic acids is 1. The lowest BCUT2D eigenvalue weighted by atomic mass is 10.1. The molecule has 36 heavy (non-hydrogen) atoms. The van der Waals surface area contributed by atoms with Gasteiger partial charge in [-0.25, -0.2) is 4.98 Å². The molecular weight excluding hydrogens is 456 g/mol. The number of rotatable bonds is 5. The summed E-state index contributed by atoms with van der Waals surface area (Å²) in [5, 5.41) is 3.47.